The lowest BCUT2D eigenvalue weighted by Gasteiger charge is -2.54. The molecule has 13 heteroatoms. The highest BCUT2D eigenvalue weighted by atomic mass is 35.5. The Kier molecular flexibility index (Phi) is 11.1. The summed E-state index contributed by atoms with van der Waals surface area (Å²) in [6.07, 6.45) is 5.09. The summed E-state index contributed by atoms with van der Waals surface area (Å²) in [7, 11) is 0. The van der Waals surface area contributed by atoms with Crippen LogP contribution in [0.4, 0.5) is 4.39 Å². The minimum atomic E-state index is -0.768. The van der Waals surface area contributed by atoms with Crippen molar-refractivity contribution in [1.29, 1.82) is 0 Å². The molecule has 4 saturated heterocycles. The van der Waals surface area contributed by atoms with Crippen LogP contribution in [0.25, 0.3) is 0 Å². The molecule has 4 fully saturated rings. The second-order valence-electron chi connectivity index (χ2n) is 14.1. The lowest BCUT2D eigenvalue weighted by atomic mass is 9.72. The van der Waals surface area contributed by atoms with E-state index in [2.05, 4.69) is 16.0 Å². The minimum absolute atomic E-state index is 0. The van der Waals surface area contributed by atoms with E-state index < -0.39 is 29.8 Å². The number of halogens is 2. The molecule has 47 heavy (non-hydrogen) atoms. The molecular weight excluding hydrogens is 627 g/mol. The van der Waals surface area contributed by atoms with E-state index in [-0.39, 0.29) is 72.6 Å². The number of fused-ring (bicyclic) bond motifs is 7. The van der Waals surface area contributed by atoms with Crippen LogP contribution in [0.3, 0.4) is 0 Å². The quantitative estimate of drug-likeness (QED) is 0.439. The largest absolute Gasteiger partial charge is 0.355 e. The van der Waals surface area contributed by atoms with Gasteiger partial charge in [0.25, 0.3) is 5.91 Å². The zero-order chi connectivity index (χ0) is 32.5. The van der Waals surface area contributed by atoms with Crippen molar-refractivity contribution in [3.63, 3.8) is 0 Å². The summed E-state index contributed by atoms with van der Waals surface area (Å²) >= 11 is 0. The fraction of sp³-hybridized carbons (Fsp3) is 0.676. The third-order valence-corrected chi connectivity index (χ3v) is 10.7. The molecule has 6 atom stereocenters. The molecule has 5 amide bonds. The number of hydrogen-bond acceptors (Lipinski definition) is 6. The van der Waals surface area contributed by atoms with Crippen molar-refractivity contribution < 1.29 is 28.4 Å². The summed E-state index contributed by atoms with van der Waals surface area (Å²) in [6.45, 7) is 5.91. The molecule has 258 valence electrons. The Hall–Kier alpha value is -3.25. The van der Waals surface area contributed by atoms with E-state index in [1.54, 1.807) is 12.1 Å². The van der Waals surface area contributed by atoms with Gasteiger partial charge in [0.1, 0.15) is 17.9 Å². The van der Waals surface area contributed by atoms with Crippen LogP contribution >= 0.6 is 12.4 Å². The Morgan fingerprint density at radius 2 is 1.79 bits per heavy atom. The molecule has 3 N–H and O–H groups in total. The monoisotopic (exact) mass is 674 g/mol. The van der Waals surface area contributed by atoms with E-state index in [0.29, 0.717) is 57.7 Å². The molecule has 0 saturated carbocycles. The van der Waals surface area contributed by atoms with Gasteiger partial charge < -0.3 is 30.7 Å². The number of aryl methyl sites for hydroxylation is 1. The average molecular weight is 675 g/mol. The molecule has 1 aromatic rings. The van der Waals surface area contributed by atoms with Gasteiger partial charge in [0.15, 0.2) is 0 Å². The molecule has 1 aromatic carbocycles. The van der Waals surface area contributed by atoms with Crippen LogP contribution < -0.4 is 16.0 Å². The number of amides is 5. The zero-order valence-electron chi connectivity index (χ0n) is 27.3. The molecular formula is C34H48ClFN6O5. The number of hydrogen-bond donors (Lipinski definition) is 3. The molecule has 0 spiro atoms. The lowest BCUT2D eigenvalue weighted by molar-refractivity contribution is -0.162. The van der Waals surface area contributed by atoms with E-state index in [1.807, 2.05) is 18.7 Å². The third-order valence-electron chi connectivity index (χ3n) is 10.7. The van der Waals surface area contributed by atoms with Gasteiger partial charge in [0.05, 0.1) is 12.1 Å². The van der Waals surface area contributed by atoms with Gasteiger partial charge in [-0.05, 0) is 81.0 Å². The molecule has 0 aliphatic carbocycles. The van der Waals surface area contributed by atoms with E-state index in [9.17, 15) is 28.4 Å². The van der Waals surface area contributed by atoms with E-state index >= 15 is 0 Å². The number of nitrogens with zero attached hydrogens (tertiary/aromatic N) is 3. The first-order chi connectivity index (χ1) is 22.1. The first kappa shape index (κ1) is 35.1. The summed E-state index contributed by atoms with van der Waals surface area (Å²) in [5.41, 5.74) is 0.706. The number of nitrogens with one attached hydrogen (secondary N) is 3. The Morgan fingerprint density at radius 1 is 1.00 bits per heavy atom. The fourth-order valence-electron chi connectivity index (χ4n) is 8.27. The van der Waals surface area contributed by atoms with Crippen molar-refractivity contribution in [2.75, 3.05) is 39.3 Å². The molecule has 6 rings (SSSR count). The lowest BCUT2D eigenvalue weighted by Crippen LogP contribution is -2.69. The van der Waals surface area contributed by atoms with Crippen LogP contribution in [0, 0.1) is 23.6 Å². The SMILES string of the molecule is CC(C)[C@@H]1CN(C(=O)[C@H]2[C@@H]3CNC[C@@H](C3)[C@@H]3CCCC(=O)N32)CC(=O)NCCCc2ccc(F)c(c2)C(=O)N2CCC[C@H]2C(=O)N1.Cl. The topological polar surface area (TPSA) is 131 Å². The van der Waals surface area contributed by atoms with Crippen LogP contribution in [-0.2, 0) is 25.6 Å². The Labute approximate surface area is 282 Å². The minimum Gasteiger partial charge on any atom is -0.355 e. The van der Waals surface area contributed by atoms with E-state index in [0.717, 1.165) is 31.4 Å². The maximum atomic E-state index is 14.9. The van der Waals surface area contributed by atoms with Crippen molar-refractivity contribution >= 4 is 41.9 Å². The number of carbonyl (C=O) groups excluding carboxylic acids is 5. The van der Waals surface area contributed by atoms with Crippen molar-refractivity contribution in [2.24, 2.45) is 17.8 Å². The summed E-state index contributed by atoms with van der Waals surface area (Å²) in [5.74, 6) is -1.93. The van der Waals surface area contributed by atoms with Gasteiger partial charge in [-0.25, -0.2) is 4.39 Å². The van der Waals surface area contributed by atoms with Gasteiger partial charge in [-0.1, -0.05) is 19.9 Å². The number of piperidine rings is 3. The maximum Gasteiger partial charge on any atom is 0.257 e. The number of rotatable bonds is 2. The maximum absolute atomic E-state index is 14.9. The van der Waals surface area contributed by atoms with Gasteiger partial charge in [0, 0.05) is 50.6 Å². The van der Waals surface area contributed by atoms with Crippen LogP contribution in [0.1, 0.15) is 74.7 Å². The highest BCUT2D eigenvalue weighted by Gasteiger charge is 2.51. The van der Waals surface area contributed by atoms with Crippen molar-refractivity contribution in [3.05, 3.63) is 35.1 Å². The highest BCUT2D eigenvalue weighted by molar-refractivity contribution is 5.98. The zero-order valence-corrected chi connectivity index (χ0v) is 28.2. The molecule has 0 radical (unpaired) electrons. The summed E-state index contributed by atoms with van der Waals surface area (Å²) in [4.78, 5) is 73.5. The second kappa shape index (κ2) is 14.9. The Bertz CT molecular complexity index is 1380. The standard InChI is InChI=1S/C34H47FN6O5.ClH/c1-20(2)26-18-39(34(46)31-23-15-22(16-36-17-23)27-7-3-9-30(43)41(27)31)19-29(42)37-12-4-6-21-10-11-25(35)24(14-21)33(45)40-13-5-8-28(40)32(44)38-26;/h10-11,14,20,22-23,26-28,31,36H,3-9,12-13,15-19H2,1-2H3,(H,37,42)(H,38,44);1H/t22-,23+,26+,27+,28+,31-;/m1./s1. The Morgan fingerprint density at radius 3 is 2.57 bits per heavy atom. The summed E-state index contributed by atoms with van der Waals surface area (Å²) in [5, 5.41) is 9.49. The molecule has 0 aromatic heterocycles. The van der Waals surface area contributed by atoms with Crippen LogP contribution in [-0.4, -0.2) is 108 Å². The van der Waals surface area contributed by atoms with Crippen LogP contribution in [0.15, 0.2) is 18.2 Å². The fourth-order valence-corrected chi connectivity index (χ4v) is 8.27. The van der Waals surface area contributed by atoms with Gasteiger partial charge in [-0.2, -0.15) is 0 Å². The molecule has 5 aliphatic heterocycles. The van der Waals surface area contributed by atoms with E-state index in [1.165, 1.54) is 15.9 Å². The van der Waals surface area contributed by atoms with Gasteiger partial charge >= 0.3 is 0 Å². The molecule has 11 nitrogen and oxygen atoms in total. The number of carbonyl (C=O) groups is 5. The molecule has 4 bridgehead atoms. The normalized spacial score (nSPS) is 30.5. The number of benzene rings is 1. The first-order valence-electron chi connectivity index (χ1n) is 17.1. The molecule has 0 unspecified atom stereocenters. The Balaban J connectivity index is 0.00000433. The third kappa shape index (κ3) is 7.28. The van der Waals surface area contributed by atoms with Crippen LogP contribution in [0.2, 0.25) is 0 Å². The summed E-state index contributed by atoms with van der Waals surface area (Å²) < 4.78 is 14.9. The van der Waals surface area contributed by atoms with Gasteiger partial charge in [-0.3, -0.25) is 24.0 Å². The molecule has 5 heterocycles. The van der Waals surface area contributed by atoms with Crippen molar-refractivity contribution in [1.82, 2.24) is 30.7 Å². The van der Waals surface area contributed by atoms with Gasteiger partial charge in [-0.15, -0.1) is 12.4 Å². The van der Waals surface area contributed by atoms with Crippen molar-refractivity contribution in [3.8, 4) is 0 Å². The predicted octanol–water partition coefficient (Wildman–Crippen LogP) is 1.87. The summed E-state index contributed by atoms with van der Waals surface area (Å²) in [6, 6.07) is 2.50. The molecule has 5 aliphatic rings. The first-order valence-corrected chi connectivity index (χ1v) is 17.1. The predicted molar refractivity (Wildman–Crippen MR) is 175 cm³/mol. The average Bonchev–Trinajstić information content (AvgIpc) is 3.53. The van der Waals surface area contributed by atoms with Crippen LogP contribution in [0.5, 0.6) is 0 Å². The van der Waals surface area contributed by atoms with Gasteiger partial charge in [0.2, 0.25) is 23.6 Å². The highest BCUT2D eigenvalue weighted by Crippen LogP contribution is 2.40. The second-order valence-corrected chi connectivity index (χ2v) is 14.1. The van der Waals surface area contributed by atoms with E-state index in [4.69, 9.17) is 0 Å². The van der Waals surface area contributed by atoms with Crippen molar-refractivity contribution in [2.45, 2.75) is 89.4 Å². The smallest absolute Gasteiger partial charge is 0.257 e.